The monoisotopic (exact) mass is 322 g/mol. The van der Waals surface area contributed by atoms with Crippen molar-refractivity contribution in [1.82, 2.24) is 0 Å². The molecule has 0 saturated heterocycles. The largest absolute Gasteiger partial charge is 0.207 e. The second-order valence-corrected chi connectivity index (χ2v) is 5.56. The fraction of sp³-hybridized carbons (Fsp3) is 0.571. The third-order valence-corrected chi connectivity index (χ3v) is 3.83. The van der Waals surface area contributed by atoms with Crippen LogP contribution in [-0.4, -0.2) is 0 Å². The lowest BCUT2D eigenvalue weighted by atomic mass is 10.0. The third-order valence-electron chi connectivity index (χ3n) is 2.92. The molecule has 0 nitrogen and oxygen atoms in total. The van der Waals surface area contributed by atoms with Crippen molar-refractivity contribution in [3.05, 3.63) is 35.1 Å². The highest BCUT2D eigenvalue weighted by molar-refractivity contribution is 9.09. The van der Waals surface area contributed by atoms with Gasteiger partial charge in [-0.2, -0.15) is 0 Å². The topological polar surface area (TPSA) is 0 Å². The Hall–Kier alpha value is -0.510. The molecular weight excluding hydrogens is 305 g/mol. The second kappa shape index (κ2) is 7.82. The van der Waals surface area contributed by atoms with Gasteiger partial charge in [-0.15, -0.1) is 0 Å². The van der Waals surface area contributed by atoms with Crippen LogP contribution in [0.1, 0.15) is 55.8 Å². The predicted octanol–water partition coefficient (Wildman–Crippen LogP) is 5.90. The van der Waals surface area contributed by atoms with Crippen molar-refractivity contribution in [3.63, 3.8) is 0 Å². The summed E-state index contributed by atoms with van der Waals surface area (Å²) in [5.41, 5.74) is -0.0631. The van der Waals surface area contributed by atoms with Gasteiger partial charge >= 0.3 is 0 Å². The van der Waals surface area contributed by atoms with Crippen molar-refractivity contribution in [2.75, 3.05) is 0 Å². The molecule has 0 amide bonds. The van der Waals surface area contributed by atoms with Crippen LogP contribution in [0.4, 0.5) is 13.2 Å². The minimum absolute atomic E-state index is 0.0631. The molecule has 0 radical (unpaired) electrons. The SMILES string of the molecule is CCCCCCCC(Br)c1c(F)cc(F)cc1F. The Morgan fingerprint density at radius 2 is 1.56 bits per heavy atom. The number of hydrogen-bond acceptors (Lipinski definition) is 0. The molecule has 0 aliphatic rings. The van der Waals surface area contributed by atoms with Gasteiger partial charge in [0.15, 0.2) is 0 Å². The lowest BCUT2D eigenvalue weighted by molar-refractivity contribution is 0.513. The van der Waals surface area contributed by atoms with E-state index in [2.05, 4.69) is 22.9 Å². The van der Waals surface area contributed by atoms with Crippen LogP contribution >= 0.6 is 15.9 Å². The summed E-state index contributed by atoms with van der Waals surface area (Å²) in [7, 11) is 0. The van der Waals surface area contributed by atoms with Crippen molar-refractivity contribution in [2.24, 2.45) is 0 Å². The summed E-state index contributed by atoms with van der Waals surface area (Å²) < 4.78 is 39.7. The quantitative estimate of drug-likeness (QED) is 0.433. The van der Waals surface area contributed by atoms with Gasteiger partial charge in [-0.3, -0.25) is 0 Å². The zero-order chi connectivity index (χ0) is 13.5. The van der Waals surface area contributed by atoms with E-state index in [-0.39, 0.29) is 10.4 Å². The van der Waals surface area contributed by atoms with E-state index in [0.29, 0.717) is 6.42 Å². The number of hydrogen-bond donors (Lipinski definition) is 0. The molecule has 4 heteroatoms. The maximum atomic E-state index is 13.5. The van der Waals surface area contributed by atoms with Crippen LogP contribution in [0.5, 0.6) is 0 Å². The third kappa shape index (κ3) is 4.63. The average Bonchev–Trinajstić information content (AvgIpc) is 2.27. The van der Waals surface area contributed by atoms with Gasteiger partial charge in [0.1, 0.15) is 17.5 Å². The molecule has 102 valence electrons. The molecule has 0 aliphatic carbocycles. The molecule has 0 heterocycles. The molecule has 18 heavy (non-hydrogen) atoms. The van der Waals surface area contributed by atoms with Gasteiger partial charge in [-0.1, -0.05) is 55.0 Å². The molecule has 1 rings (SSSR count). The van der Waals surface area contributed by atoms with Crippen molar-refractivity contribution < 1.29 is 13.2 Å². The van der Waals surface area contributed by atoms with Crippen LogP contribution in [0, 0.1) is 17.5 Å². The lowest BCUT2D eigenvalue weighted by Gasteiger charge is -2.12. The fourth-order valence-corrected chi connectivity index (χ4v) is 2.69. The molecule has 0 fully saturated rings. The number of rotatable bonds is 7. The summed E-state index contributed by atoms with van der Waals surface area (Å²) in [6.45, 7) is 2.14. The Bertz CT molecular complexity index is 356. The maximum absolute atomic E-state index is 13.5. The molecule has 1 aromatic rings. The maximum Gasteiger partial charge on any atom is 0.133 e. The molecule has 0 N–H and O–H groups in total. The molecule has 0 saturated carbocycles. The van der Waals surface area contributed by atoms with Gasteiger partial charge in [0.2, 0.25) is 0 Å². The molecule has 0 bridgehead atoms. The highest BCUT2D eigenvalue weighted by Gasteiger charge is 2.18. The minimum atomic E-state index is -0.878. The van der Waals surface area contributed by atoms with Gasteiger partial charge in [-0.25, -0.2) is 13.2 Å². The predicted molar refractivity (Wildman–Crippen MR) is 71.4 cm³/mol. The summed E-state index contributed by atoms with van der Waals surface area (Å²) in [5.74, 6) is -2.51. The molecule has 1 aromatic carbocycles. The molecule has 0 aromatic heterocycles. The standard InChI is InChI=1S/C14H18BrF3/c1-2-3-4-5-6-7-11(15)14-12(17)8-10(16)9-13(14)18/h8-9,11H,2-7H2,1H3. The summed E-state index contributed by atoms with van der Waals surface area (Å²) >= 11 is 3.28. The van der Waals surface area contributed by atoms with Crippen molar-refractivity contribution >= 4 is 15.9 Å². The first-order valence-corrected chi connectivity index (χ1v) is 7.26. The number of unbranched alkanes of at least 4 members (excludes halogenated alkanes) is 4. The molecule has 0 aliphatic heterocycles. The molecule has 0 spiro atoms. The Kier molecular flexibility index (Phi) is 6.76. The Morgan fingerprint density at radius 3 is 2.11 bits per heavy atom. The lowest BCUT2D eigenvalue weighted by Crippen LogP contribution is -2.00. The van der Waals surface area contributed by atoms with Crippen LogP contribution in [0.15, 0.2) is 12.1 Å². The van der Waals surface area contributed by atoms with Crippen LogP contribution in [0.3, 0.4) is 0 Å². The molecular formula is C14H18BrF3. The average molecular weight is 323 g/mol. The summed E-state index contributed by atoms with van der Waals surface area (Å²) in [5, 5.41) is 0. The summed E-state index contributed by atoms with van der Waals surface area (Å²) in [6.07, 6.45) is 6.12. The van der Waals surface area contributed by atoms with Crippen LogP contribution in [0.2, 0.25) is 0 Å². The fourth-order valence-electron chi connectivity index (χ4n) is 1.92. The van der Waals surface area contributed by atoms with Crippen LogP contribution in [-0.2, 0) is 0 Å². The van der Waals surface area contributed by atoms with Crippen molar-refractivity contribution in [2.45, 2.75) is 50.3 Å². The first-order valence-electron chi connectivity index (χ1n) is 6.34. The Labute approximate surface area is 115 Å². The van der Waals surface area contributed by atoms with Crippen LogP contribution < -0.4 is 0 Å². The van der Waals surface area contributed by atoms with E-state index in [9.17, 15) is 13.2 Å². The Morgan fingerprint density at radius 1 is 1.00 bits per heavy atom. The first-order chi connectivity index (χ1) is 8.56. The van der Waals surface area contributed by atoms with E-state index < -0.39 is 17.5 Å². The molecule has 1 atom stereocenters. The van der Waals surface area contributed by atoms with E-state index in [0.717, 1.165) is 31.4 Å². The summed E-state index contributed by atoms with van der Waals surface area (Å²) in [4.78, 5) is -0.389. The number of benzene rings is 1. The van der Waals surface area contributed by atoms with E-state index in [1.807, 2.05) is 0 Å². The van der Waals surface area contributed by atoms with Gasteiger partial charge in [0.05, 0.1) is 0 Å². The van der Waals surface area contributed by atoms with Gasteiger partial charge in [-0.05, 0) is 6.42 Å². The second-order valence-electron chi connectivity index (χ2n) is 4.45. The summed E-state index contributed by atoms with van der Waals surface area (Å²) in [6, 6.07) is 1.45. The normalized spacial score (nSPS) is 12.7. The van der Waals surface area contributed by atoms with Gasteiger partial charge < -0.3 is 0 Å². The van der Waals surface area contributed by atoms with Crippen molar-refractivity contribution in [1.29, 1.82) is 0 Å². The van der Waals surface area contributed by atoms with E-state index in [4.69, 9.17) is 0 Å². The highest BCUT2D eigenvalue weighted by atomic mass is 79.9. The van der Waals surface area contributed by atoms with Crippen LogP contribution in [0.25, 0.3) is 0 Å². The van der Waals surface area contributed by atoms with E-state index in [1.54, 1.807) is 0 Å². The smallest absolute Gasteiger partial charge is 0.133 e. The zero-order valence-electron chi connectivity index (χ0n) is 10.5. The van der Waals surface area contributed by atoms with Gasteiger partial charge in [0, 0.05) is 22.5 Å². The number of alkyl halides is 1. The highest BCUT2D eigenvalue weighted by Crippen LogP contribution is 2.33. The minimum Gasteiger partial charge on any atom is -0.207 e. The van der Waals surface area contributed by atoms with E-state index in [1.165, 1.54) is 12.8 Å². The van der Waals surface area contributed by atoms with Crippen molar-refractivity contribution in [3.8, 4) is 0 Å². The zero-order valence-corrected chi connectivity index (χ0v) is 12.1. The molecule has 1 unspecified atom stereocenters. The number of halogens is 4. The van der Waals surface area contributed by atoms with Gasteiger partial charge in [0.25, 0.3) is 0 Å². The first kappa shape index (κ1) is 15.5. The Balaban J connectivity index is 2.53. The van der Waals surface area contributed by atoms with E-state index >= 15 is 0 Å².